The predicted molar refractivity (Wildman–Crippen MR) is 161 cm³/mol. The number of hydrogen-bond acceptors (Lipinski definition) is 6. The van der Waals surface area contributed by atoms with E-state index < -0.39 is 23.7 Å². The average Bonchev–Trinajstić information content (AvgIpc) is 3.52. The molecule has 1 aliphatic carbocycles. The smallest absolute Gasteiger partial charge is 0.335 e. The summed E-state index contributed by atoms with van der Waals surface area (Å²) in [5.74, 6) is 0.0771. The maximum atomic E-state index is 13.7. The second kappa shape index (κ2) is 13.9. The van der Waals surface area contributed by atoms with Gasteiger partial charge in [-0.1, -0.05) is 38.3 Å². The molecule has 1 saturated carbocycles. The molecule has 5 rings (SSSR count). The molecule has 2 atom stereocenters. The number of carboxylic acid groups (broad SMARTS) is 1. The number of benzene rings is 2. The standard InChI is InChI=1S/C32H41N3O6.ClH/c1-2-3-18-35-29(37)27(28(36)23-6-4-5-7-23)33-31(40)32(35)16-19-34(20-17-32)21-22-8-12-25(13-9-22)41-26-14-10-24(11-15-26)30(38)39;/h8-15,23,27-28,36H,2-7,16-21H2,1H3,(H,33,40)(H,38,39);1H. The Morgan fingerprint density at radius 2 is 1.62 bits per heavy atom. The maximum Gasteiger partial charge on any atom is 0.335 e. The van der Waals surface area contributed by atoms with Crippen LogP contribution in [0, 0.1) is 5.92 Å². The van der Waals surface area contributed by atoms with Crippen LogP contribution in [0.1, 0.15) is 74.2 Å². The van der Waals surface area contributed by atoms with Crippen molar-refractivity contribution < 1.29 is 29.3 Å². The van der Waals surface area contributed by atoms with Gasteiger partial charge in [-0.05, 0) is 80.0 Å². The number of nitrogens with zero attached hydrogens (tertiary/aromatic N) is 2. The van der Waals surface area contributed by atoms with Gasteiger partial charge in [0.1, 0.15) is 23.1 Å². The summed E-state index contributed by atoms with van der Waals surface area (Å²) < 4.78 is 5.85. The van der Waals surface area contributed by atoms with E-state index in [0.717, 1.165) is 50.6 Å². The molecule has 2 aliphatic heterocycles. The van der Waals surface area contributed by atoms with E-state index in [1.165, 1.54) is 12.1 Å². The number of carbonyl (C=O) groups excluding carboxylic acids is 2. The number of aliphatic hydroxyl groups excluding tert-OH is 1. The number of ether oxygens (including phenoxy) is 1. The van der Waals surface area contributed by atoms with Gasteiger partial charge in [-0.15, -0.1) is 12.4 Å². The molecule has 9 nitrogen and oxygen atoms in total. The molecule has 0 aromatic heterocycles. The zero-order chi connectivity index (χ0) is 29.0. The molecule has 2 heterocycles. The Bertz CT molecular complexity index is 1220. The molecule has 1 spiro atoms. The summed E-state index contributed by atoms with van der Waals surface area (Å²) in [4.78, 5) is 42.5. The van der Waals surface area contributed by atoms with Crippen molar-refractivity contribution in [2.24, 2.45) is 5.92 Å². The van der Waals surface area contributed by atoms with E-state index in [0.29, 0.717) is 44.0 Å². The SMILES string of the molecule is CCCCN1C(=O)C(C(O)C2CCCC2)NC(=O)C12CCN(Cc1ccc(Oc3ccc(C(=O)O)cc3)cc1)CC2.Cl. The number of carboxylic acids is 1. The molecule has 42 heavy (non-hydrogen) atoms. The van der Waals surface area contributed by atoms with E-state index in [4.69, 9.17) is 9.84 Å². The molecule has 10 heteroatoms. The first-order valence-electron chi connectivity index (χ1n) is 14.9. The van der Waals surface area contributed by atoms with Crippen LogP contribution >= 0.6 is 12.4 Å². The zero-order valence-electron chi connectivity index (χ0n) is 24.2. The molecule has 2 amide bonds. The van der Waals surface area contributed by atoms with E-state index in [1.54, 1.807) is 12.1 Å². The summed E-state index contributed by atoms with van der Waals surface area (Å²) in [5.41, 5.74) is 0.463. The number of piperazine rings is 1. The number of hydrogen-bond donors (Lipinski definition) is 3. The van der Waals surface area contributed by atoms with Crippen molar-refractivity contribution in [2.45, 2.75) is 82.5 Å². The third kappa shape index (κ3) is 6.74. The van der Waals surface area contributed by atoms with Crippen molar-refractivity contribution >= 4 is 30.2 Å². The summed E-state index contributed by atoms with van der Waals surface area (Å²) in [7, 11) is 0. The lowest BCUT2D eigenvalue weighted by molar-refractivity contribution is -0.165. The molecule has 2 unspecified atom stereocenters. The largest absolute Gasteiger partial charge is 0.478 e. The number of nitrogens with one attached hydrogen (secondary N) is 1. The van der Waals surface area contributed by atoms with Crippen molar-refractivity contribution in [2.75, 3.05) is 19.6 Å². The van der Waals surface area contributed by atoms with Crippen LogP contribution in [0.4, 0.5) is 0 Å². The van der Waals surface area contributed by atoms with Gasteiger partial charge in [-0.3, -0.25) is 14.5 Å². The van der Waals surface area contributed by atoms with Crippen LogP contribution in [0.15, 0.2) is 48.5 Å². The van der Waals surface area contributed by atoms with Gasteiger partial charge >= 0.3 is 5.97 Å². The van der Waals surface area contributed by atoms with Crippen LogP contribution in [-0.4, -0.2) is 75.1 Å². The van der Waals surface area contributed by atoms with E-state index in [2.05, 4.69) is 17.1 Å². The fourth-order valence-corrected chi connectivity index (χ4v) is 6.58. The highest BCUT2D eigenvalue weighted by Gasteiger charge is 2.55. The highest BCUT2D eigenvalue weighted by atomic mass is 35.5. The number of amides is 2. The molecule has 3 fully saturated rings. The average molecular weight is 600 g/mol. The van der Waals surface area contributed by atoms with Gasteiger partial charge in [-0.2, -0.15) is 0 Å². The fraction of sp³-hybridized carbons (Fsp3) is 0.531. The van der Waals surface area contributed by atoms with Crippen LogP contribution < -0.4 is 10.1 Å². The molecular weight excluding hydrogens is 558 g/mol. The van der Waals surface area contributed by atoms with Gasteiger partial charge < -0.3 is 25.2 Å². The van der Waals surface area contributed by atoms with Gasteiger partial charge in [0, 0.05) is 26.2 Å². The number of halogens is 1. The lowest BCUT2D eigenvalue weighted by atomic mass is 9.80. The van der Waals surface area contributed by atoms with E-state index in [9.17, 15) is 19.5 Å². The van der Waals surface area contributed by atoms with E-state index in [1.807, 2.05) is 29.2 Å². The quantitative estimate of drug-likeness (QED) is 0.365. The lowest BCUT2D eigenvalue weighted by Crippen LogP contribution is -2.75. The molecule has 3 N–H and O–H groups in total. The lowest BCUT2D eigenvalue weighted by Gasteiger charge is -2.52. The minimum Gasteiger partial charge on any atom is -0.478 e. The number of unbranched alkanes of at least 4 members (excludes halogenated alkanes) is 1. The first-order valence-corrected chi connectivity index (χ1v) is 14.9. The number of likely N-dealkylation sites (tertiary alicyclic amines) is 1. The summed E-state index contributed by atoms with van der Waals surface area (Å²) in [6.45, 7) is 4.72. The molecule has 2 aromatic carbocycles. The number of aliphatic hydroxyl groups is 1. The summed E-state index contributed by atoms with van der Waals surface area (Å²) >= 11 is 0. The van der Waals surface area contributed by atoms with Crippen LogP contribution in [0.25, 0.3) is 0 Å². The highest BCUT2D eigenvalue weighted by Crippen LogP contribution is 2.37. The number of carbonyl (C=O) groups is 3. The molecule has 2 aromatic rings. The molecule has 3 aliphatic rings. The van der Waals surface area contributed by atoms with Gasteiger partial charge in [0.05, 0.1) is 11.7 Å². The van der Waals surface area contributed by atoms with Gasteiger partial charge in [0.15, 0.2) is 0 Å². The molecular formula is C32H42ClN3O6. The van der Waals surface area contributed by atoms with Crippen molar-refractivity contribution in [3.63, 3.8) is 0 Å². The third-order valence-electron chi connectivity index (χ3n) is 9.07. The Hall–Kier alpha value is -3.14. The fourth-order valence-electron chi connectivity index (χ4n) is 6.58. The van der Waals surface area contributed by atoms with Crippen molar-refractivity contribution in [1.82, 2.24) is 15.1 Å². The minimum absolute atomic E-state index is 0. The van der Waals surface area contributed by atoms with Crippen molar-refractivity contribution in [3.05, 3.63) is 59.7 Å². The monoisotopic (exact) mass is 599 g/mol. The predicted octanol–water partition coefficient (Wildman–Crippen LogP) is 4.61. The second-order valence-corrected chi connectivity index (χ2v) is 11.7. The second-order valence-electron chi connectivity index (χ2n) is 11.7. The van der Waals surface area contributed by atoms with E-state index in [-0.39, 0.29) is 35.7 Å². The zero-order valence-corrected chi connectivity index (χ0v) is 25.0. The van der Waals surface area contributed by atoms with Gasteiger partial charge in [-0.25, -0.2) is 4.79 Å². The maximum absolute atomic E-state index is 13.7. The first-order chi connectivity index (χ1) is 19.8. The normalized spacial score (nSPS) is 21.6. The summed E-state index contributed by atoms with van der Waals surface area (Å²) in [6, 6.07) is 13.2. The number of aromatic carboxylic acids is 1. The Kier molecular flexibility index (Phi) is 10.5. The van der Waals surface area contributed by atoms with Crippen LogP contribution in [0.5, 0.6) is 11.5 Å². The highest BCUT2D eigenvalue weighted by molar-refractivity contribution is 6.00. The molecule has 0 bridgehead atoms. The summed E-state index contributed by atoms with van der Waals surface area (Å²) in [5, 5.41) is 23.0. The summed E-state index contributed by atoms with van der Waals surface area (Å²) in [6.07, 6.45) is 5.99. The van der Waals surface area contributed by atoms with Crippen LogP contribution in [0.2, 0.25) is 0 Å². The minimum atomic E-state index is -0.976. The van der Waals surface area contributed by atoms with Gasteiger partial charge in [0.25, 0.3) is 0 Å². The first kappa shape index (κ1) is 31.8. The molecule has 228 valence electrons. The van der Waals surface area contributed by atoms with Gasteiger partial charge in [0.2, 0.25) is 11.8 Å². The molecule has 0 radical (unpaired) electrons. The number of rotatable bonds is 10. The number of piperidine rings is 1. The Labute approximate surface area is 253 Å². The van der Waals surface area contributed by atoms with Crippen LogP contribution in [0.3, 0.4) is 0 Å². The van der Waals surface area contributed by atoms with E-state index >= 15 is 0 Å². The Morgan fingerprint density at radius 1 is 1.02 bits per heavy atom. The van der Waals surface area contributed by atoms with Crippen molar-refractivity contribution in [3.8, 4) is 11.5 Å². The Balaban J connectivity index is 0.00000405. The molecule has 2 saturated heterocycles. The Morgan fingerprint density at radius 3 is 2.19 bits per heavy atom. The van der Waals surface area contributed by atoms with Crippen molar-refractivity contribution in [1.29, 1.82) is 0 Å². The van der Waals surface area contributed by atoms with Crippen LogP contribution in [-0.2, 0) is 16.1 Å². The topological polar surface area (TPSA) is 119 Å². The third-order valence-corrected chi connectivity index (χ3v) is 9.07.